The highest BCUT2D eigenvalue weighted by Crippen LogP contribution is 2.28. The van der Waals surface area contributed by atoms with Gasteiger partial charge in [0.05, 0.1) is 6.54 Å². The summed E-state index contributed by atoms with van der Waals surface area (Å²) in [6, 6.07) is 0. The van der Waals surface area contributed by atoms with Crippen LogP contribution in [-0.2, 0) is 9.59 Å². The molecule has 5 heteroatoms. The molecule has 24 heavy (non-hydrogen) atoms. The van der Waals surface area contributed by atoms with Gasteiger partial charge in [0.2, 0.25) is 11.8 Å². The smallest absolute Gasteiger partial charge is 0.236 e. The first kappa shape index (κ1) is 17.7. The quantitative estimate of drug-likeness (QED) is 0.790. The van der Waals surface area contributed by atoms with Crippen LogP contribution in [0.2, 0.25) is 0 Å². The van der Waals surface area contributed by atoms with E-state index < -0.39 is 0 Å². The van der Waals surface area contributed by atoms with Crippen molar-refractivity contribution in [3.63, 3.8) is 0 Å². The zero-order valence-electron chi connectivity index (χ0n) is 15.0. The third-order valence-electron chi connectivity index (χ3n) is 5.98. The van der Waals surface area contributed by atoms with Gasteiger partial charge in [-0.15, -0.1) is 0 Å². The van der Waals surface area contributed by atoms with Gasteiger partial charge >= 0.3 is 0 Å². The minimum Gasteiger partial charge on any atom is -0.342 e. The third kappa shape index (κ3) is 4.95. The first-order chi connectivity index (χ1) is 11.7. The molecule has 3 rings (SSSR count). The molecule has 0 aromatic heterocycles. The van der Waals surface area contributed by atoms with Gasteiger partial charge in [-0.2, -0.15) is 0 Å². The minimum absolute atomic E-state index is 0.280. The molecule has 0 N–H and O–H groups in total. The van der Waals surface area contributed by atoms with Crippen LogP contribution in [0.25, 0.3) is 0 Å². The summed E-state index contributed by atoms with van der Waals surface area (Å²) in [4.78, 5) is 31.2. The molecular weight excluding hydrogens is 302 g/mol. The van der Waals surface area contributed by atoms with Crippen molar-refractivity contribution in [2.75, 3.05) is 45.8 Å². The second-order valence-corrected chi connectivity index (χ2v) is 7.81. The van der Waals surface area contributed by atoms with Gasteiger partial charge < -0.3 is 9.80 Å². The van der Waals surface area contributed by atoms with Crippen molar-refractivity contribution in [2.24, 2.45) is 5.92 Å². The van der Waals surface area contributed by atoms with E-state index in [1.165, 1.54) is 38.5 Å². The molecule has 2 aliphatic heterocycles. The van der Waals surface area contributed by atoms with Crippen LogP contribution >= 0.6 is 0 Å². The van der Waals surface area contributed by atoms with E-state index in [1.807, 2.05) is 9.80 Å². The standard InChI is InChI=1S/C19H33N3O2/c23-18(15-17-7-3-4-8-17)22-13-11-20(12-14-22)16-19(24)21-9-5-1-2-6-10-21/h17H,1-16H2. The van der Waals surface area contributed by atoms with Gasteiger partial charge in [0.15, 0.2) is 0 Å². The molecule has 0 aromatic rings. The first-order valence-corrected chi connectivity index (χ1v) is 10.0. The molecule has 0 spiro atoms. The van der Waals surface area contributed by atoms with E-state index in [0.717, 1.165) is 58.5 Å². The van der Waals surface area contributed by atoms with Crippen molar-refractivity contribution in [3.05, 3.63) is 0 Å². The lowest BCUT2D eigenvalue weighted by Crippen LogP contribution is -2.51. The highest BCUT2D eigenvalue weighted by Gasteiger charge is 2.26. The summed E-state index contributed by atoms with van der Waals surface area (Å²) in [6.45, 7) is 5.66. The van der Waals surface area contributed by atoms with Crippen LogP contribution in [0, 0.1) is 5.92 Å². The van der Waals surface area contributed by atoms with Crippen molar-refractivity contribution in [2.45, 2.75) is 57.8 Å². The monoisotopic (exact) mass is 335 g/mol. The minimum atomic E-state index is 0.280. The Kier molecular flexibility index (Phi) is 6.52. The fourth-order valence-electron chi connectivity index (χ4n) is 4.36. The van der Waals surface area contributed by atoms with Gasteiger partial charge in [0.1, 0.15) is 0 Å². The number of rotatable bonds is 4. The zero-order valence-corrected chi connectivity index (χ0v) is 15.0. The molecule has 1 aliphatic carbocycles. The number of carbonyl (C=O) groups excluding carboxylic acids is 2. The number of piperazine rings is 1. The van der Waals surface area contributed by atoms with E-state index in [2.05, 4.69) is 4.90 Å². The van der Waals surface area contributed by atoms with Crippen LogP contribution in [0.5, 0.6) is 0 Å². The zero-order chi connectivity index (χ0) is 16.8. The van der Waals surface area contributed by atoms with Crippen LogP contribution in [0.4, 0.5) is 0 Å². The van der Waals surface area contributed by atoms with Gasteiger partial charge in [0, 0.05) is 45.7 Å². The van der Waals surface area contributed by atoms with Gasteiger partial charge in [-0.1, -0.05) is 25.7 Å². The largest absolute Gasteiger partial charge is 0.342 e. The second kappa shape index (κ2) is 8.84. The Morgan fingerprint density at radius 1 is 0.667 bits per heavy atom. The summed E-state index contributed by atoms with van der Waals surface area (Å²) in [7, 11) is 0. The van der Waals surface area contributed by atoms with Crippen LogP contribution in [0.1, 0.15) is 57.8 Å². The van der Waals surface area contributed by atoms with Crippen LogP contribution in [0.15, 0.2) is 0 Å². The Hall–Kier alpha value is -1.10. The number of likely N-dealkylation sites (tertiary alicyclic amines) is 1. The molecule has 2 amide bonds. The average Bonchev–Trinajstić information content (AvgIpc) is 2.94. The number of carbonyl (C=O) groups is 2. The normalized spacial score (nSPS) is 24.2. The molecule has 3 fully saturated rings. The SMILES string of the molecule is O=C(CC1CCCC1)N1CCN(CC(=O)N2CCCCCC2)CC1. The molecule has 2 saturated heterocycles. The Labute approximate surface area is 146 Å². The summed E-state index contributed by atoms with van der Waals surface area (Å²) < 4.78 is 0. The van der Waals surface area contributed by atoms with Gasteiger partial charge in [-0.3, -0.25) is 14.5 Å². The van der Waals surface area contributed by atoms with Crippen molar-refractivity contribution in [1.82, 2.24) is 14.7 Å². The van der Waals surface area contributed by atoms with Crippen LogP contribution in [-0.4, -0.2) is 72.3 Å². The third-order valence-corrected chi connectivity index (χ3v) is 5.98. The lowest BCUT2D eigenvalue weighted by Gasteiger charge is -2.35. The Balaban J connectivity index is 1.38. The Morgan fingerprint density at radius 2 is 1.25 bits per heavy atom. The maximum atomic E-state index is 12.5. The maximum absolute atomic E-state index is 12.5. The predicted octanol–water partition coefficient (Wildman–Crippen LogP) is 2.11. The molecule has 1 saturated carbocycles. The van der Waals surface area contributed by atoms with Crippen molar-refractivity contribution in [1.29, 1.82) is 0 Å². The topological polar surface area (TPSA) is 43.9 Å². The molecule has 0 aromatic carbocycles. The van der Waals surface area contributed by atoms with Crippen LogP contribution in [0.3, 0.4) is 0 Å². The highest BCUT2D eigenvalue weighted by atomic mass is 16.2. The summed E-state index contributed by atoms with van der Waals surface area (Å²) in [6.07, 6.45) is 10.6. The lowest BCUT2D eigenvalue weighted by molar-refractivity contribution is -0.135. The predicted molar refractivity (Wildman–Crippen MR) is 94.6 cm³/mol. The van der Waals surface area contributed by atoms with Crippen molar-refractivity contribution < 1.29 is 9.59 Å². The van der Waals surface area contributed by atoms with Gasteiger partial charge in [-0.25, -0.2) is 0 Å². The Bertz CT molecular complexity index is 418. The van der Waals surface area contributed by atoms with Gasteiger partial charge in [-0.05, 0) is 31.6 Å². The van der Waals surface area contributed by atoms with E-state index in [9.17, 15) is 9.59 Å². The second-order valence-electron chi connectivity index (χ2n) is 7.81. The first-order valence-electron chi connectivity index (χ1n) is 10.0. The van der Waals surface area contributed by atoms with E-state index in [-0.39, 0.29) is 5.91 Å². The molecular formula is C19H33N3O2. The molecule has 2 heterocycles. The summed E-state index contributed by atoms with van der Waals surface area (Å²) in [5.41, 5.74) is 0. The summed E-state index contributed by atoms with van der Waals surface area (Å²) in [5, 5.41) is 0. The van der Waals surface area contributed by atoms with Gasteiger partial charge in [0.25, 0.3) is 0 Å². The lowest BCUT2D eigenvalue weighted by atomic mass is 10.0. The molecule has 0 radical (unpaired) electrons. The van der Waals surface area contributed by atoms with Crippen molar-refractivity contribution in [3.8, 4) is 0 Å². The fourth-order valence-corrected chi connectivity index (χ4v) is 4.36. The van der Waals surface area contributed by atoms with E-state index in [4.69, 9.17) is 0 Å². The molecule has 0 unspecified atom stereocenters. The molecule has 0 atom stereocenters. The molecule has 5 nitrogen and oxygen atoms in total. The van der Waals surface area contributed by atoms with E-state index in [0.29, 0.717) is 18.4 Å². The Morgan fingerprint density at radius 3 is 1.88 bits per heavy atom. The van der Waals surface area contributed by atoms with E-state index >= 15 is 0 Å². The summed E-state index contributed by atoms with van der Waals surface area (Å²) >= 11 is 0. The van der Waals surface area contributed by atoms with Crippen molar-refractivity contribution >= 4 is 11.8 Å². The molecule has 136 valence electrons. The number of nitrogens with zero attached hydrogens (tertiary/aromatic N) is 3. The number of hydrogen-bond donors (Lipinski definition) is 0. The molecule has 0 bridgehead atoms. The van der Waals surface area contributed by atoms with Crippen LogP contribution < -0.4 is 0 Å². The summed E-state index contributed by atoms with van der Waals surface area (Å²) in [5.74, 6) is 1.24. The molecule has 3 aliphatic rings. The fraction of sp³-hybridized carbons (Fsp3) is 0.895. The van der Waals surface area contributed by atoms with E-state index in [1.54, 1.807) is 0 Å². The highest BCUT2D eigenvalue weighted by molar-refractivity contribution is 5.78. The number of amides is 2. The number of hydrogen-bond acceptors (Lipinski definition) is 3. The maximum Gasteiger partial charge on any atom is 0.236 e. The average molecular weight is 335 g/mol.